The van der Waals surface area contributed by atoms with Crippen LogP contribution in [0.1, 0.15) is 38.3 Å². The quantitative estimate of drug-likeness (QED) is 0.768. The van der Waals surface area contributed by atoms with E-state index in [1.807, 2.05) is 30.3 Å². The van der Waals surface area contributed by atoms with Crippen molar-refractivity contribution in [2.45, 2.75) is 38.0 Å². The van der Waals surface area contributed by atoms with Crippen molar-refractivity contribution in [2.24, 2.45) is 0 Å². The minimum absolute atomic E-state index is 0.0534. The lowest BCUT2D eigenvalue weighted by atomic mass is 10.0. The number of benzene rings is 1. The third-order valence-electron chi connectivity index (χ3n) is 3.15. The summed E-state index contributed by atoms with van der Waals surface area (Å²) in [5.41, 5.74) is 1.06. The van der Waals surface area contributed by atoms with E-state index in [-0.39, 0.29) is 24.3 Å². The third kappa shape index (κ3) is 5.06. The minimum atomic E-state index is -1.33. The number of hydrogen-bond donors (Lipinski definition) is 2. The van der Waals surface area contributed by atoms with Crippen molar-refractivity contribution in [1.29, 1.82) is 0 Å². The Bertz CT molecular complexity index is 436. The van der Waals surface area contributed by atoms with Gasteiger partial charge in [0.15, 0.2) is 0 Å². The molecule has 0 aliphatic heterocycles. The standard InChI is InChI=1S/C15H23NO3S/c1-3-7-14(13-8-5-4-6-9-13)16-15(18)12(2)20(19)11-10-17/h4-6,8-9,12,14,17H,3,7,10-11H2,1-2H3,(H,16,18). The number of rotatable bonds is 8. The second kappa shape index (κ2) is 8.87. The lowest BCUT2D eigenvalue weighted by Gasteiger charge is -2.21. The highest BCUT2D eigenvalue weighted by Gasteiger charge is 2.22. The molecule has 1 rings (SSSR count). The Labute approximate surface area is 123 Å². The normalized spacial score (nSPS) is 15.3. The van der Waals surface area contributed by atoms with Gasteiger partial charge < -0.3 is 10.4 Å². The van der Waals surface area contributed by atoms with Gasteiger partial charge in [0, 0.05) is 16.6 Å². The summed E-state index contributed by atoms with van der Waals surface area (Å²) in [6.45, 7) is 3.53. The molecule has 0 aliphatic rings. The topological polar surface area (TPSA) is 66.4 Å². The number of amides is 1. The van der Waals surface area contributed by atoms with Gasteiger partial charge >= 0.3 is 0 Å². The first-order valence-corrected chi connectivity index (χ1v) is 8.31. The predicted octanol–water partition coefficient (Wildman–Crippen LogP) is 1.77. The first-order chi connectivity index (χ1) is 9.60. The fourth-order valence-electron chi connectivity index (χ4n) is 1.97. The summed E-state index contributed by atoms with van der Waals surface area (Å²) in [6, 6.07) is 9.73. The summed E-state index contributed by atoms with van der Waals surface area (Å²) in [5, 5.41) is 11.1. The van der Waals surface area contributed by atoms with E-state index in [0.717, 1.165) is 18.4 Å². The number of carbonyl (C=O) groups is 1. The maximum absolute atomic E-state index is 12.1. The van der Waals surface area contributed by atoms with Gasteiger partial charge in [-0.05, 0) is 18.9 Å². The number of carbonyl (C=O) groups excluding carboxylic acids is 1. The van der Waals surface area contributed by atoms with Gasteiger partial charge in [0.2, 0.25) is 5.91 Å². The molecule has 0 aromatic heterocycles. The van der Waals surface area contributed by atoms with Crippen LogP contribution in [0.25, 0.3) is 0 Å². The Hall–Kier alpha value is -1.20. The fraction of sp³-hybridized carbons (Fsp3) is 0.533. The number of hydrogen-bond acceptors (Lipinski definition) is 3. The van der Waals surface area contributed by atoms with Crippen molar-refractivity contribution < 1.29 is 14.1 Å². The summed E-state index contributed by atoms with van der Waals surface area (Å²) in [7, 11) is -1.33. The largest absolute Gasteiger partial charge is 0.395 e. The highest BCUT2D eigenvalue weighted by atomic mass is 32.2. The molecule has 1 amide bonds. The Balaban J connectivity index is 2.71. The van der Waals surface area contributed by atoms with E-state index >= 15 is 0 Å². The Morgan fingerprint density at radius 3 is 2.55 bits per heavy atom. The molecule has 0 bridgehead atoms. The van der Waals surface area contributed by atoms with Crippen LogP contribution >= 0.6 is 0 Å². The number of aliphatic hydroxyl groups excluding tert-OH is 1. The van der Waals surface area contributed by atoms with E-state index in [0.29, 0.717) is 0 Å². The summed E-state index contributed by atoms with van der Waals surface area (Å²) in [5.74, 6) is -0.0858. The van der Waals surface area contributed by atoms with Crippen LogP contribution in [0.3, 0.4) is 0 Å². The maximum atomic E-state index is 12.1. The molecule has 0 spiro atoms. The smallest absolute Gasteiger partial charge is 0.235 e. The van der Waals surface area contributed by atoms with Crippen molar-refractivity contribution >= 4 is 16.7 Å². The van der Waals surface area contributed by atoms with Crippen LogP contribution in [0.4, 0.5) is 0 Å². The maximum Gasteiger partial charge on any atom is 0.235 e. The second-order valence-corrected chi connectivity index (χ2v) is 6.59. The lowest BCUT2D eigenvalue weighted by Crippen LogP contribution is -2.38. The van der Waals surface area contributed by atoms with Gasteiger partial charge in [0.1, 0.15) is 5.25 Å². The molecule has 0 saturated heterocycles. The first kappa shape index (κ1) is 16.9. The van der Waals surface area contributed by atoms with E-state index in [1.54, 1.807) is 6.92 Å². The van der Waals surface area contributed by atoms with Gasteiger partial charge in [-0.3, -0.25) is 9.00 Å². The Kier molecular flexibility index (Phi) is 7.47. The van der Waals surface area contributed by atoms with Gasteiger partial charge in [0.05, 0.1) is 12.6 Å². The van der Waals surface area contributed by atoms with Crippen LogP contribution in [0.15, 0.2) is 30.3 Å². The van der Waals surface area contributed by atoms with Crippen molar-refractivity contribution in [1.82, 2.24) is 5.32 Å². The molecule has 5 heteroatoms. The SMILES string of the molecule is CCCC(NC(=O)C(C)S(=O)CCO)c1ccccc1. The second-order valence-electron chi connectivity index (χ2n) is 4.71. The van der Waals surface area contributed by atoms with E-state index in [2.05, 4.69) is 12.2 Å². The molecular weight excluding hydrogens is 274 g/mol. The fourth-order valence-corrected chi connectivity index (χ4v) is 2.81. The molecular formula is C15H23NO3S. The molecule has 0 aliphatic carbocycles. The Morgan fingerprint density at radius 2 is 2.00 bits per heavy atom. The van der Waals surface area contributed by atoms with Gasteiger partial charge in [0.25, 0.3) is 0 Å². The predicted molar refractivity (Wildman–Crippen MR) is 81.8 cm³/mol. The van der Waals surface area contributed by atoms with Crippen LogP contribution in [-0.4, -0.2) is 32.8 Å². The van der Waals surface area contributed by atoms with Crippen LogP contribution in [0.2, 0.25) is 0 Å². The summed E-state index contributed by atoms with van der Waals surface area (Å²) < 4.78 is 11.8. The van der Waals surface area contributed by atoms with Crippen LogP contribution in [0.5, 0.6) is 0 Å². The monoisotopic (exact) mass is 297 g/mol. The number of nitrogens with one attached hydrogen (secondary N) is 1. The zero-order valence-corrected chi connectivity index (χ0v) is 12.9. The van der Waals surface area contributed by atoms with E-state index in [1.165, 1.54) is 0 Å². The third-order valence-corrected chi connectivity index (χ3v) is 4.74. The van der Waals surface area contributed by atoms with Crippen LogP contribution < -0.4 is 5.32 Å². The summed E-state index contributed by atoms with van der Waals surface area (Å²) >= 11 is 0. The van der Waals surface area contributed by atoms with Crippen LogP contribution in [0, 0.1) is 0 Å². The van der Waals surface area contributed by atoms with Gasteiger partial charge in [-0.1, -0.05) is 43.7 Å². The molecule has 20 heavy (non-hydrogen) atoms. The molecule has 3 atom stereocenters. The molecule has 1 aromatic carbocycles. The molecule has 112 valence electrons. The minimum Gasteiger partial charge on any atom is -0.395 e. The van der Waals surface area contributed by atoms with Gasteiger partial charge in [-0.25, -0.2) is 0 Å². The molecule has 0 radical (unpaired) electrons. The molecule has 0 heterocycles. The van der Waals surface area contributed by atoms with E-state index in [9.17, 15) is 9.00 Å². The molecule has 0 saturated carbocycles. The average molecular weight is 297 g/mol. The van der Waals surface area contributed by atoms with Gasteiger partial charge in [-0.2, -0.15) is 0 Å². The van der Waals surface area contributed by atoms with E-state index < -0.39 is 16.0 Å². The average Bonchev–Trinajstić information content (AvgIpc) is 2.47. The lowest BCUT2D eigenvalue weighted by molar-refractivity contribution is -0.121. The van der Waals surface area contributed by atoms with Crippen molar-refractivity contribution in [3.05, 3.63) is 35.9 Å². The van der Waals surface area contributed by atoms with Crippen molar-refractivity contribution in [2.75, 3.05) is 12.4 Å². The zero-order chi connectivity index (χ0) is 15.0. The summed E-state index contributed by atoms with van der Waals surface area (Å²) in [6.07, 6.45) is 1.79. The zero-order valence-electron chi connectivity index (χ0n) is 12.0. The number of aliphatic hydroxyl groups is 1. The Morgan fingerprint density at radius 1 is 1.35 bits per heavy atom. The van der Waals surface area contributed by atoms with Crippen molar-refractivity contribution in [3.63, 3.8) is 0 Å². The summed E-state index contributed by atoms with van der Waals surface area (Å²) in [4.78, 5) is 12.1. The highest BCUT2D eigenvalue weighted by Crippen LogP contribution is 2.18. The van der Waals surface area contributed by atoms with E-state index in [4.69, 9.17) is 5.11 Å². The van der Waals surface area contributed by atoms with Crippen molar-refractivity contribution in [3.8, 4) is 0 Å². The highest BCUT2D eigenvalue weighted by molar-refractivity contribution is 7.86. The van der Waals surface area contributed by atoms with Crippen LogP contribution in [-0.2, 0) is 15.6 Å². The molecule has 0 fully saturated rings. The first-order valence-electron chi connectivity index (χ1n) is 6.93. The molecule has 4 nitrogen and oxygen atoms in total. The molecule has 2 N–H and O–H groups in total. The molecule has 3 unspecified atom stereocenters. The van der Waals surface area contributed by atoms with Gasteiger partial charge in [-0.15, -0.1) is 0 Å². The molecule has 1 aromatic rings.